The third-order valence-electron chi connectivity index (χ3n) is 3.89. The van der Waals surface area contributed by atoms with E-state index in [1.165, 1.54) is 25.5 Å². The highest BCUT2D eigenvalue weighted by molar-refractivity contribution is 5.74. The predicted molar refractivity (Wildman–Crippen MR) is 76.2 cm³/mol. The summed E-state index contributed by atoms with van der Waals surface area (Å²) in [6.07, 6.45) is 6.28. The number of nitrogens with one attached hydrogen (secondary N) is 2. The van der Waals surface area contributed by atoms with Crippen molar-refractivity contribution in [3.05, 3.63) is 24.2 Å². The molecule has 2 rings (SSSR count). The smallest absolute Gasteiger partial charge is 0.314 e. The topological polar surface area (TPSA) is 74.5 Å². The van der Waals surface area contributed by atoms with E-state index in [4.69, 9.17) is 4.42 Å². The number of aliphatic hydroxyl groups excluding tert-OH is 1. The molecule has 2 amide bonds. The lowest BCUT2D eigenvalue weighted by atomic mass is 9.83. The van der Waals surface area contributed by atoms with Crippen LogP contribution in [0.2, 0.25) is 0 Å². The Kier molecular flexibility index (Phi) is 5.47. The van der Waals surface area contributed by atoms with Gasteiger partial charge in [0.2, 0.25) is 0 Å². The molecule has 5 heteroatoms. The van der Waals surface area contributed by atoms with E-state index >= 15 is 0 Å². The maximum absolute atomic E-state index is 11.7. The lowest BCUT2D eigenvalue weighted by molar-refractivity contribution is 0.129. The Balaban J connectivity index is 1.60. The van der Waals surface area contributed by atoms with Crippen LogP contribution in [0.25, 0.3) is 0 Å². The van der Waals surface area contributed by atoms with Crippen molar-refractivity contribution >= 4 is 6.03 Å². The fourth-order valence-electron chi connectivity index (χ4n) is 2.44. The quantitative estimate of drug-likeness (QED) is 0.718. The van der Waals surface area contributed by atoms with E-state index in [9.17, 15) is 9.90 Å². The maximum Gasteiger partial charge on any atom is 0.314 e. The van der Waals surface area contributed by atoms with Crippen LogP contribution in [-0.2, 0) is 0 Å². The van der Waals surface area contributed by atoms with Gasteiger partial charge in [-0.15, -0.1) is 0 Å². The Hall–Kier alpha value is -1.49. The molecule has 1 aromatic heterocycles. The summed E-state index contributed by atoms with van der Waals surface area (Å²) in [7, 11) is 0. The molecule has 0 radical (unpaired) electrons. The van der Waals surface area contributed by atoms with E-state index in [0.29, 0.717) is 12.2 Å². The standard InChI is InChI=1S/C15H24N2O3/c1-11(10-13(18)14-6-3-9-20-14)17-15(19)16-8-7-12-4-2-5-12/h3,6,9,11-13,18H,2,4-5,7-8,10H2,1H3,(H2,16,17,19)/t11-,13+/m1/s1. The van der Waals surface area contributed by atoms with E-state index in [1.54, 1.807) is 12.1 Å². The average Bonchev–Trinajstić information content (AvgIpc) is 2.85. The van der Waals surface area contributed by atoms with Crippen LogP contribution >= 0.6 is 0 Å². The fraction of sp³-hybridized carbons (Fsp3) is 0.667. The monoisotopic (exact) mass is 280 g/mol. The lowest BCUT2D eigenvalue weighted by Crippen LogP contribution is -2.42. The van der Waals surface area contributed by atoms with Crippen molar-refractivity contribution in [1.82, 2.24) is 10.6 Å². The minimum absolute atomic E-state index is 0.112. The molecule has 1 aliphatic carbocycles. The number of carbonyl (C=O) groups is 1. The molecule has 1 heterocycles. The second-order valence-electron chi connectivity index (χ2n) is 5.65. The highest BCUT2D eigenvalue weighted by Crippen LogP contribution is 2.28. The third kappa shape index (κ3) is 4.56. The molecule has 0 aromatic carbocycles. The van der Waals surface area contributed by atoms with Gasteiger partial charge in [0.15, 0.2) is 0 Å². The van der Waals surface area contributed by atoms with E-state index < -0.39 is 6.10 Å². The van der Waals surface area contributed by atoms with Gasteiger partial charge in [0, 0.05) is 19.0 Å². The number of amides is 2. The second-order valence-corrected chi connectivity index (χ2v) is 5.65. The van der Waals surface area contributed by atoms with Crippen LogP contribution in [0.5, 0.6) is 0 Å². The van der Waals surface area contributed by atoms with Crippen molar-refractivity contribution in [2.75, 3.05) is 6.54 Å². The predicted octanol–water partition coefficient (Wildman–Crippen LogP) is 2.58. The molecule has 20 heavy (non-hydrogen) atoms. The largest absolute Gasteiger partial charge is 0.467 e. The molecule has 0 bridgehead atoms. The van der Waals surface area contributed by atoms with E-state index in [-0.39, 0.29) is 12.1 Å². The average molecular weight is 280 g/mol. The molecular weight excluding hydrogens is 256 g/mol. The molecule has 2 atom stereocenters. The molecule has 5 nitrogen and oxygen atoms in total. The summed E-state index contributed by atoms with van der Waals surface area (Å²) in [6.45, 7) is 2.60. The van der Waals surface area contributed by atoms with Crippen molar-refractivity contribution in [2.24, 2.45) is 5.92 Å². The normalized spacial score (nSPS) is 18.1. The molecule has 1 saturated carbocycles. The van der Waals surface area contributed by atoms with Crippen molar-refractivity contribution in [2.45, 2.75) is 51.2 Å². The summed E-state index contributed by atoms with van der Waals surface area (Å²) in [5.74, 6) is 1.33. The zero-order valence-corrected chi connectivity index (χ0v) is 12.0. The van der Waals surface area contributed by atoms with E-state index in [1.807, 2.05) is 6.92 Å². The summed E-state index contributed by atoms with van der Waals surface area (Å²) in [5, 5.41) is 15.6. The van der Waals surface area contributed by atoms with Crippen LogP contribution in [0.1, 0.15) is 50.9 Å². The van der Waals surface area contributed by atoms with Crippen LogP contribution < -0.4 is 10.6 Å². The summed E-state index contributed by atoms with van der Waals surface area (Å²) >= 11 is 0. The van der Waals surface area contributed by atoms with Crippen LogP contribution in [0.15, 0.2) is 22.8 Å². The number of aliphatic hydroxyl groups is 1. The summed E-state index contributed by atoms with van der Waals surface area (Å²) in [4.78, 5) is 11.7. The zero-order chi connectivity index (χ0) is 14.4. The number of hydrogen-bond donors (Lipinski definition) is 3. The third-order valence-corrected chi connectivity index (χ3v) is 3.89. The first-order chi connectivity index (χ1) is 9.65. The fourth-order valence-corrected chi connectivity index (χ4v) is 2.44. The Bertz CT molecular complexity index is 401. The minimum Gasteiger partial charge on any atom is -0.467 e. The maximum atomic E-state index is 11.7. The minimum atomic E-state index is -0.685. The van der Waals surface area contributed by atoms with Gasteiger partial charge < -0.3 is 20.2 Å². The SMILES string of the molecule is C[C@H](C[C@H](O)c1ccco1)NC(=O)NCCC1CCC1. The zero-order valence-electron chi connectivity index (χ0n) is 12.0. The van der Waals surface area contributed by atoms with Crippen LogP contribution in [-0.4, -0.2) is 23.7 Å². The first-order valence-electron chi connectivity index (χ1n) is 7.41. The number of carbonyl (C=O) groups excluding carboxylic acids is 1. The van der Waals surface area contributed by atoms with Crippen molar-refractivity contribution in [3.63, 3.8) is 0 Å². The van der Waals surface area contributed by atoms with Crippen LogP contribution in [0.4, 0.5) is 4.79 Å². The lowest BCUT2D eigenvalue weighted by Gasteiger charge is -2.25. The van der Waals surface area contributed by atoms with Gasteiger partial charge >= 0.3 is 6.03 Å². The van der Waals surface area contributed by atoms with Gasteiger partial charge in [0.05, 0.1) is 6.26 Å². The molecule has 0 saturated heterocycles. The van der Waals surface area contributed by atoms with Gasteiger partial charge in [-0.2, -0.15) is 0 Å². The Labute approximate surface area is 119 Å². The molecule has 0 spiro atoms. The first-order valence-corrected chi connectivity index (χ1v) is 7.41. The van der Waals surface area contributed by atoms with Crippen molar-refractivity contribution in [3.8, 4) is 0 Å². The molecule has 1 aliphatic rings. The first kappa shape index (κ1) is 14.9. The van der Waals surface area contributed by atoms with Crippen molar-refractivity contribution in [1.29, 1.82) is 0 Å². The number of urea groups is 1. The van der Waals surface area contributed by atoms with Crippen LogP contribution in [0.3, 0.4) is 0 Å². The van der Waals surface area contributed by atoms with Gasteiger partial charge in [0.1, 0.15) is 11.9 Å². The molecule has 0 unspecified atom stereocenters. The second kappa shape index (κ2) is 7.33. The highest BCUT2D eigenvalue weighted by atomic mass is 16.4. The molecule has 1 aromatic rings. The van der Waals surface area contributed by atoms with Crippen LogP contribution in [0, 0.1) is 5.92 Å². The molecule has 3 N–H and O–H groups in total. The van der Waals surface area contributed by atoms with Gasteiger partial charge in [-0.1, -0.05) is 19.3 Å². The number of rotatable bonds is 7. The Morgan fingerprint density at radius 1 is 1.55 bits per heavy atom. The van der Waals surface area contributed by atoms with Crippen molar-refractivity contribution < 1.29 is 14.3 Å². The highest BCUT2D eigenvalue weighted by Gasteiger charge is 2.18. The van der Waals surface area contributed by atoms with E-state index in [0.717, 1.165) is 18.9 Å². The molecular formula is C15H24N2O3. The van der Waals surface area contributed by atoms with Gasteiger partial charge in [-0.3, -0.25) is 0 Å². The molecule has 112 valence electrons. The summed E-state index contributed by atoms with van der Waals surface area (Å²) in [5.41, 5.74) is 0. The molecule has 1 fully saturated rings. The Morgan fingerprint density at radius 3 is 2.95 bits per heavy atom. The van der Waals surface area contributed by atoms with Gasteiger partial charge in [0.25, 0.3) is 0 Å². The number of hydrogen-bond acceptors (Lipinski definition) is 3. The number of furan rings is 1. The molecule has 0 aliphatic heterocycles. The Morgan fingerprint density at radius 2 is 2.35 bits per heavy atom. The van der Waals surface area contributed by atoms with Gasteiger partial charge in [-0.25, -0.2) is 4.79 Å². The van der Waals surface area contributed by atoms with E-state index in [2.05, 4.69) is 10.6 Å². The van der Waals surface area contributed by atoms with Gasteiger partial charge in [-0.05, 0) is 31.4 Å². The summed E-state index contributed by atoms with van der Waals surface area (Å²) < 4.78 is 5.13. The summed E-state index contributed by atoms with van der Waals surface area (Å²) in [6, 6.07) is 3.20.